The van der Waals surface area contributed by atoms with Crippen molar-refractivity contribution in [2.24, 2.45) is 0 Å². The third kappa shape index (κ3) is 3.84. The fraction of sp³-hybridized carbons (Fsp3) is 0.0909. The molecule has 0 heterocycles. The molecule has 1 aromatic carbocycles. The molecule has 0 bridgehead atoms. The van der Waals surface area contributed by atoms with Gasteiger partial charge in [0.25, 0.3) is 0 Å². The third-order valence-corrected chi connectivity index (χ3v) is 1.87. The minimum Gasteiger partial charge on any atom is -0.481 e. The Morgan fingerprint density at radius 3 is 2.87 bits per heavy atom. The highest BCUT2D eigenvalue weighted by Crippen LogP contribution is 2.15. The molecule has 0 aliphatic heterocycles. The van der Waals surface area contributed by atoms with Crippen LogP contribution in [-0.4, -0.2) is 11.1 Å². The molecule has 15 heavy (non-hydrogen) atoms. The number of carboxylic acid groups (broad SMARTS) is 1. The topological polar surface area (TPSA) is 61.1 Å². The molecule has 0 aromatic heterocycles. The van der Waals surface area contributed by atoms with Crippen molar-refractivity contribution in [2.75, 3.05) is 0 Å². The van der Waals surface area contributed by atoms with Crippen LogP contribution >= 0.6 is 11.6 Å². The van der Waals surface area contributed by atoms with Gasteiger partial charge in [0.05, 0.1) is 18.1 Å². The summed E-state index contributed by atoms with van der Waals surface area (Å²) in [6.07, 6.45) is 3.09. The van der Waals surface area contributed by atoms with Crippen molar-refractivity contribution in [3.05, 3.63) is 40.4 Å². The van der Waals surface area contributed by atoms with Crippen molar-refractivity contribution in [3.63, 3.8) is 0 Å². The van der Waals surface area contributed by atoms with Crippen LogP contribution in [0, 0.1) is 11.3 Å². The maximum atomic E-state index is 10.2. The maximum absolute atomic E-state index is 10.2. The van der Waals surface area contributed by atoms with Crippen LogP contribution in [-0.2, 0) is 4.79 Å². The fourth-order valence-corrected chi connectivity index (χ4v) is 1.31. The van der Waals surface area contributed by atoms with Gasteiger partial charge < -0.3 is 5.11 Å². The van der Waals surface area contributed by atoms with Crippen LogP contribution in [0.3, 0.4) is 0 Å². The van der Waals surface area contributed by atoms with E-state index in [4.69, 9.17) is 22.0 Å². The molecule has 3 nitrogen and oxygen atoms in total. The van der Waals surface area contributed by atoms with Crippen molar-refractivity contribution in [2.45, 2.75) is 6.42 Å². The van der Waals surface area contributed by atoms with Gasteiger partial charge in [0.2, 0.25) is 0 Å². The molecule has 1 aromatic rings. The average molecular weight is 222 g/mol. The number of rotatable bonds is 3. The third-order valence-electron chi connectivity index (χ3n) is 1.65. The summed E-state index contributed by atoms with van der Waals surface area (Å²) in [7, 11) is 0. The molecule has 0 radical (unpaired) electrons. The predicted molar refractivity (Wildman–Crippen MR) is 57.5 cm³/mol. The number of carboxylic acids is 1. The highest BCUT2D eigenvalue weighted by atomic mass is 35.5. The fourth-order valence-electron chi connectivity index (χ4n) is 1.07. The van der Waals surface area contributed by atoms with Crippen LogP contribution in [0.4, 0.5) is 0 Å². The Morgan fingerprint density at radius 2 is 2.27 bits per heavy atom. The summed E-state index contributed by atoms with van der Waals surface area (Å²) < 4.78 is 0. The molecule has 4 heteroatoms. The lowest BCUT2D eigenvalue weighted by molar-refractivity contribution is -0.135. The van der Waals surface area contributed by atoms with Crippen LogP contribution in [0.5, 0.6) is 0 Å². The van der Waals surface area contributed by atoms with Gasteiger partial charge in [-0.25, -0.2) is 0 Å². The standard InChI is InChI=1S/C11H8ClNO2/c12-10-5-8(2-1-3-11(14)15)4-9(6-10)7-13/h1-2,4-6H,3H2,(H,14,15). The largest absolute Gasteiger partial charge is 0.481 e. The molecular formula is C11H8ClNO2. The SMILES string of the molecule is N#Cc1cc(Cl)cc(C=CCC(=O)O)c1. The summed E-state index contributed by atoms with van der Waals surface area (Å²) in [5, 5.41) is 17.6. The predicted octanol–water partition coefficient (Wildman–Crippen LogP) is 2.70. The first-order chi connectivity index (χ1) is 7.11. The Balaban J connectivity index is 2.86. The van der Waals surface area contributed by atoms with Crippen LogP contribution in [0.15, 0.2) is 24.3 Å². The van der Waals surface area contributed by atoms with Gasteiger partial charge in [0, 0.05) is 5.02 Å². The number of nitrogens with zero attached hydrogens (tertiary/aromatic N) is 1. The van der Waals surface area contributed by atoms with Gasteiger partial charge in [0.1, 0.15) is 0 Å². The minimum atomic E-state index is -0.895. The van der Waals surface area contributed by atoms with Crippen LogP contribution in [0.25, 0.3) is 6.08 Å². The zero-order valence-electron chi connectivity index (χ0n) is 7.77. The van der Waals surface area contributed by atoms with Gasteiger partial charge in [-0.2, -0.15) is 5.26 Å². The van der Waals surface area contributed by atoms with Crippen LogP contribution in [0.2, 0.25) is 5.02 Å². The van der Waals surface area contributed by atoms with Crippen molar-refractivity contribution < 1.29 is 9.90 Å². The van der Waals surface area contributed by atoms with E-state index in [0.29, 0.717) is 10.6 Å². The van der Waals surface area contributed by atoms with E-state index in [9.17, 15) is 4.79 Å². The van der Waals surface area contributed by atoms with Gasteiger partial charge in [-0.15, -0.1) is 0 Å². The molecule has 0 spiro atoms. The Kier molecular flexibility index (Phi) is 3.90. The van der Waals surface area contributed by atoms with Crippen molar-refractivity contribution in [1.82, 2.24) is 0 Å². The first kappa shape index (κ1) is 11.3. The molecule has 0 fully saturated rings. The van der Waals surface area contributed by atoms with E-state index in [1.54, 1.807) is 24.3 Å². The summed E-state index contributed by atoms with van der Waals surface area (Å²) in [5.41, 5.74) is 1.18. The molecule has 0 saturated carbocycles. The van der Waals surface area contributed by atoms with E-state index in [1.165, 1.54) is 6.08 Å². The lowest BCUT2D eigenvalue weighted by Crippen LogP contribution is -1.89. The quantitative estimate of drug-likeness (QED) is 0.854. The Labute approximate surface area is 92.2 Å². The van der Waals surface area contributed by atoms with E-state index < -0.39 is 5.97 Å². The highest BCUT2D eigenvalue weighted by molar-refractivity contribution is 6.30. The number of aliphatic carboxylic acids is 1. The smallest absolute Gasteiger partial charge is 0.307 e. The summed E-state index contributed by atoms with van der Waals surface area (Å²) >= 11 is 5.77. The lowest BCUT2D eigenvalue weighted by Gasteiger charge is -1.96. The second-order valence-electron chi connectivity index (χ2n) is 2.89. The zero-order valence-corrected chi connectivity index (χ0v) is 8.53. The van der Waals surface area contributed by atoms with Crippen molar-refractivity contribution >= 4 is 23.6 Å². The average Bonchev–Trinajstić information content (AvgIpc) is 2.16. The number of benzene rings is 1. The molecule has 1 N–H and O–H groups in total. The summed E-state index contributed by atoms with van der Waals surface area (Å²) in [6, 6.07) is 6.83. The van der Waals surface area contributed by atoms with Crippen LogP contribution in [0.1, 0.15) is 17.5 Å². The number of hydrogen-bond acceptors (Lipinski definition) is 2. The summed E-state index contributed by atoms with van der Waals surface area (Å²) in [6.45, 7) is 0. The van der Waals surface area contributed by atoms with Gasteiger partial charge in [-0.05, 0) is 23.8 Å². The Bertz CT molecular complexity index is 446. The Morgan fingerprint density at radius 1 is 1.53 bits per heavy atom. The van der Waals surface area contributed by atoms with Crippen molar-refractivity contribution in [3.8, 4) is 6.07 Å². The normalized spacial score (nSPS) is 10.1. The van der Waals surface area contributed by atoms with E-state index in [1.807, 2.05) is 6.07 Å². The zero-order chi connectivity index (χ0) is 11.3. The van der Waals surface area contributed by atoms with Crippen molar-refractivity contribution in [1.29, 1.82) is 5.26 Å². The second kappa shape index (κ2) is 5.18. The van der Waals surface area contributed by atoms with E-state index in [0.717, 1.165) is 5.56 Å². The van der Waals surface area contributed by atoms with E-state index in [-0.39, 0.29) is 6.42 Å². The second-order valence-corrected chi connectivity index (χ2v) is 3.32. The maximum Gasteiger partial charge on any atom is 0.307 e. The number of nitriles is 1. The Hall–Kier alpha value is -1.79. The number of hydrogen-bond donors (Lipinski definition) is 1. The molecular weight excluding hydrogens is 214 g/mol. The minimum absolute atomic E-state index is 0.0472. The molecule has 76 valence electrons. The molecule has 1 rings (SSSR count). The van der Waals surface area contributed by atoms with E-state index in [2.05, 4.69) is 0 Å². The molecule has 0 atom stereocenters. The van der Waals surface area contributed by atoms with Gasteiger partial charge >= 0.3 is 5.97 Å². The molecule has 0 unspecified atom stereocenters. The summed E-state index contributed by atoms with van der Waals surface area (Å²) in [4.78, 5) is 10.2. The molecule has 0 aliphatic carbocycles. The molecule has 0 amide bonds. The first-order valence-electron chi connectivity index (χ1n) is 4.21. The monoisotopic (exact) mass is 221 g/mol. The number of halogens is 1. The first-order valence-corrected chi connectivity index (χ1v) is 4.58. The van der Waals surface area contributed by atoms with Gasteiger partial charge in [-0.1, -0.05) is 23.8 Å². The lowest BCUT2D eigenvalue weighted by atomic mass is 10.1. The van der Waals surface area contributed by atoms with Crippen LogP contribution < -0.4 is 0 Å². The van der Waals surface area contributed by atoms with Gasteiger partial charge in [-0.3, -0.25) is 4.79 Å². The summed E-state index contributed by atoms with van der Waals surface area (Å²) in [5.74, 6) is -0.895. The van der Waals surface area contributed by atoms with Gasteiger partial charge in [0.15, 0.2) is 0 Å². The van der Waals surface area contributed by atoms with E-state index >= 15 is 0 Å². The highest BCUT2D eigenvalue weighted by Gasteiger charge is 1.96. The molecule has 0 aliphatic rings. The number of carbonyl (C=O) groups is 1. The molecule has 0 saturated heterocycles.